The second-order valence-corrected chi connectivity index (χ2v) is 5.92. The second kappa shape index (κ2) is 5.61. The van der Waals surface area contributed by atoms with Crippen molar-refractivity contribution in [2.24, 2.45) is 0 Å². The Morgan fingerprint density at radius 1 is 1.32 bits per heavy atom. The number of benzene rings is 1. The minimum absolute atomic E-state index is 0.808. The summed E-state index contributed by atoms with van der Waals surface area (Å²) in [7, 11) is 0. The number of hydrogen-bond acceptors (Lipinski definition) is 4. The number of anilines is 2. The number of aromatic nitrogens is 1. The minimum atomic E-state index is 0.808. The van der Waals surface area contributed by atoms with E-state index in [1.165, 1.54) is 37.3 Å². The highest BCUT2D eigenvalue weighted by Crippen LogP contribution is 2.23. The van der Waals surface area contributed by atoms with E-state index >= 15 is 0 Å². The monoisotopic (exact) mass is 273 g/mol. The molecule has 1 aliphatic rings. The number of nitrogens with one attached hydrogen (secondary N) is 1. The molecule has 0 amide bonds. The topological polar surface area (TPSA) is 28.2 Å². The van der Waals surface area contributed by atoms with Crippen LogP contribution in [0.15, 0.2) is 29.6 Å². The summed E-state index contributed by atoms with van der Waals surface area (Å²) < 4.78 is 0. The zero-order valence-electron chi connectivity index (χ0n) is 11.2. The molecule has 0 spiro atoms. The van der Waals surface area contributed by atoms with Crippen molar-refractivity contribution in [3.8, 4) is 0 Å². The first-order chi connectivity index (χ1) is 9.31. The standard InChI is InChI=1S/C15H19N3S/c1-12-11-19-15(17-12)10-16-13-5-4-6-14(9-13)18-7-2-3-8-18/h4-6,9,11,16H,2-3,7-8,10H2,1H3. The van der Waals surface area contributed by atoms with Crippen LogP contribution in [0.4, 0.5) is 11.4 Å². The molecule has 100 valence electrons. The molecule has 0 unspecified atom stereocenters. The van der Waals surface area contributed by atoms with Crippen LogP contribution >= 0.6 is 11.3 Å². The van der Waals surface area contributed by atoms with E-state index in [0.29, 0.717) is 0 Å². The summed E-state index contributed by atoms with van der Waals surface area (Å²) in [5.41, 5.74) is 3.61. The van der Waals surface area contributed by atoms with Crippen molar-refractivity contribution in [2.75, 3.05) is 23.3 Å². The molecule has 3 rings (SSSR count). The maximum absolute atomic E-state index is 4.47. The van der Waals surface area contributed by atoms with Crippen molar-refractivity contribution in [2.45, 2.75) is 26.3 Å². The summed E-state index contributed by atoms with van der Waals surface area (Å²) in [6, 6.07) is 8.69. The number of hydrogen-bond donors (Lipinski definition) is 1. The Kier molecular flexibility index (Phi) is 3.69. The third-order valence-electron chi connectivity index (χ3n) is 3.43. The lowest BCUT2D eigenvalue weighted by molar-refractivity contribution is 0.949. The summed E-state index contributed by atoms with van der Waals surface area (Å²) in [5.74, 6) is 0. The lowest BCUT2D eigenvalue weighted by Gasteiger charge is -2.18. The zero-order chi connectivity index (χ0) is 13.1. The molecule has 4 heteroatoms. The van der Waals surface area contributed by atoms with E-state index in [0.717, 1.165) is 17.2 Å². The first kappa shape index (κ1) is 12.5. The highest BCUT2D eigenvalue weighted by molar-refractivity contribution is 7.09. The van der Waals surface area contributed by atoms with Gasteiger partial charge in [0.1, 0.15) is 5.01 Å². The van der Waals surface area contributed by atoms with Crippen LogP contribution in [0, 0.1) is 6.92 Å². The Morgan fingerprint density at radius 2 is 2.16 bits per heavy atom. The molecule has 0 atom stereocenters. The first-order valence-corrected chi connectivity index (χ1v) is 7.69. The molecule has 19 heavy (non-hydrogen) atoms. The van der Waals surface area contributed by atoms with E-state index in [1.807, 2.05) is 6.92 Å². The van der Waals surface area contributed by atoms with Crippen molar-refractivity contribution in [1.29, 1.82) is 0 Å². The average Bonchev–Trinajstić information content (AvgIpc) is 3.08. The minimum Gasteiger partial charge on any atom is -0.378 e. The van der Waals surface area contributed by atoms with Crippen LogP contribution in [0.5, 0.6) is 0 Å². The predicted molar refractivity (Wildman–Crippen MR) is 82.1 cm³/mol. The summed E-state index contributed by atoms with van der Waals surface area (Å²) in [6.07, 6.45) is 2.63. The van der Waals surface area contributed by atoms with Gasteiger partial charge in [-0.25, -0.2) is 4.98 Å². The lowest BCUT2D eigenvalue weighted by atomic mass is 10.2. The van der Waals surface area contributed by atoms with Gasteiger partial charge in [-0.1, -0.05) is 6.07 Å². The highest BCUT2D eigenvalue weighted by Gasteiger charge is 2.12. The van der Waals surface area contributed by atoms with Crippen LogP contribution < -0.4 is 10.2 Å². The van der Waals surface area contributed by atoms with Crippen molar-refractivity contribution in [1.82, 2.24) is 4.98 Å². The quantitative estimate of drug-likeness (QED) is 0.921. The molecule has 2 aromatic rings. The summed E-state index contributed by atoms with van der Waals surface area (Å²) in [4.78, 5) is 6.93. The van der Waals surface area contributed by atoms with Gasteiger partial charge in [0, 0.05) is 35.5 Å². The normalized spacial score (nSPS) is 14.9. The van der Waals surface area contributed by atoms with Crippen LogP contribution in [0.3, 0.4) is 0 Å². The molecule has 0 aliphatic carbocycles. The Balaban J connectivity index is 1.65. The van der Waals surface area contributed by atoms with Gasteiger partial charge in [0.2, 0.25) is 0 Å². The summed E-state index contributed by atoms with van der Waals surface area (Å²) in [6.45, 7) is 5.22. The summed E-state index contributed by atoms with van der Waals surface area (Å²) in [5, 5.41) is 6.70. The van der Waals surface area contributed by atoms with E-state index in [-0.39, 0.29) is 0 Å². The molecule has 0 saturated carbocycles. The van der Waals surface area contributed by atoms with Crippen molar-refractivity contribution in [3.05, 3.63) is 40.3 Å². The van der Waals surface area contributed by atoms with Gasteiger partial charge >= 0.3 is 0 Å². The number of aryl methyl sites for hydroxylation is 1. The molecule has 1 aliphatic heterocycles. The predicted octanol–water partition coefficient (Wildman–Crippen LogP) is 3.66. The highest BCUT2D eigenvalue weighted by atomic mass is 32.1. The molecule has 1 fully saturated rings. The molecule has 0 bridgehead atoms. The number of nitrogens with zero attached hydrogens (tertiary/aromatic N) is 2. The number of thiazole rings is 1. The fraction of sp³-hybridized carbons (Fsp3) is 0.400. The van der Waals surface area contributed by atoms with Crippen molar-refractivity contribution in [3.63, 3.8) is 0 Å². The van der Waals surface area contributed by atoms with Gasteiger partial charge in [-0.05, 0) is 38.0 Å². The Morgan fingerprint density at radius 3 is 2.89 bits per heavy atom. The van der Waals surface area contributed by atoms with E-state index in [2.05, 4.69) is 44.8 Å². The van der Waals surface area contributed by atoms with Crippen molar-refractivity contribution < 1.29 is 0 Å². The van der Waals surface area contributed by atoms with Gasteiger partial charge in [-0.3, -0.25) is 0 Å². The van der Waals surface area contributed by atoms with E-state index < -0.39 is 0 Å². The first-order valence-electron chi connectivity index (χ1n) is 6.81. The van der Waals surface area contributed by atoms with Crippen LogP contribution in [0.1, 0.15) is 23.5 Å². The summed E-state index contributed by atoms with van der Waals surface area (Å²) >= 11 is 1.71. The van der Waals surface area contributed by atoms with E-state index in [9.17, 15) is 0 Å². The third-order valence-corrected chi connectivity index (χ3v) is 4.39. The number of rotatable bonds is 4. The molecular weight excluding hydrogens is 254 g/mol. The average molecular weight is 273 g/mol. The maximum Gasteiger partial charge on any atom is 0.112 e. The Labute approximate surface area is 118 Å². The van der Waals surface area contributed by atoms with Crippen molar-refractivity contribution >= 4 is 22.7 Å². The lowest BCUT2D eigenvalue weighted by Crippen LogP contribution is -2.17. The van der Waals surface area contributed by atoms with Gasteiger partial charge in [0.25, 0.3) is 0 Å². The molecule has 1 saturated heterocycles. The fourth-order valence-corrected chi connectivity index (χ4v) is 3.16. The van der Waals surface area contributed by atoms with Gasteiger partial charge < -0.3 is 10.2 Å². The van der Waals surface area contributed by atoms with Gasteiger partial charge in [0.05, 0.1) is 6.54 Å². The van der Waals surface area contributed by atoms with Gasteiger partial charge in [-0.15, -0.1) is 11.3 Å². The van der Waals surface area contributed by atoms with Crippen LogP contribution in [-0.2, 0) is 6.54 Å². The van der Waals surface area contributed by atoms with Crippen LogP contribution in [0.25, 0.3) is 0 Å². The molecule has 0 radical (unpaired) electrons. The molecule has 3 nitrogen and oxygen atoms in total. The van der Waals surface area contributed by atoms with Gasteiger partial charge in [0.15, 0.2) is 0 Å². The SMILES string of the molecule is Cc1csc(CNc2cccc(N3CCCC3)c2)n1. The maximum atomic E-state index is 4.47. The largest absolute Gasteiger partial charge is 0.378 e. The van der Waals surface area contributed by atoms with Crippen LogP contribution in [0.2, 0.25) is 0 Å². The fourth-order valence-electron chi connectivity index (χ4n) is 2.45. The van der Waals surface area contributed by atoms with Crippen LogP contribution in [-0.4, -0.2) is 18.1 Å². The van der Waals surface area contributed by atoms with E-state index in [4.69, 9.17) is 0 Å². The van der Waals surface area contributed by atoms with Gasteiger partial charge in [-0.2, -0.15) is 0 Å². The Hall–Kier alpha value is -1.55. The Bertz CT molecular complexity index is 544. The third kappa shape index (κ3) is 3.07. The molecule has 1 aromatic carbocycles. The zero-order valence-corrected chi connectivity index (χ0v) is 12.0. The molecule has 1 N–H and O–H groups in total. The van der Waals surface area contributed by atoms with E-state index in [1.54, 1.807) is 11.3 Å². The molecular formula is C15H19N3S. The molecule has 1 aromatic heterocycles. The smallest absolute Gasteiger partial charge is 0.112 e. The second-order valence-electron chi connectivity index (χ2n) is 4.98. The molecule has 2 heterocycles.